The molecule has 0 radical (unpaired) electrons. The number of nitrogens with zero attached hydrogens (tertiary/aromatic N) is 3. The van der Waals surface area contributed by atoms with Crippen LogP contribution in [0.3, 0.4) is 0 Å². The van der Waals surface area contributed by atoms with Crippen molar-refractivity contribution in [3.63, 3.8) is 0 Å². The summed E-state index contributed by atoms with van der Waals surface area (Å²) < 4.78 is 30.2. The Morgan fingerprint density at radius 3 is 2.47 bits per heavy atom. The maximum atomic E-state index is 14.5. The summed E-state index contributed by atoms with van der Waals surface area (Å²) in [6.45, 7) is 0.266. The Kier molecular flexibility index (Phi) is 6.79. The molecular formula is C22H15ClF2N4O. The van der Waals surface area contributed by atoms with E-state index in [-0.39, 0.29) is 29.2 Å². The molecule has 1 aromatic heterocycles. The minimum Gasteiger partial charge on any atom is -0.316 e. The third-order valence-corrected chi connectivity index (χ3v) is 4.35. The van der Waals surface area contributed by atoms with Gasteiger partial charge in [0, 0.05) is 24.1 Å². The number of anilines is 1. The van der Waals surface area contributed by atoms with E-state index in [1.54, 1.807) is 24.3 Å². The van der Waals surface area contributed by atoms with E-state index >= 15 is 0 Å². The number of rotatable bonds is 5. The van der Waals surface area contributed by atoms with Crippen molar-refractivity contribution in [2.45, 2.75) is 19.4 Å². The van der Waals surface area contributed by atoms with E-state index in [0.717, 1.165) is 12.1 Å². The molecule has 0 aliphatic heterocycles. The van der Waals surface area contributed by atoms with Gasteiger partial charge in [0.1, 0.15) is 11.4 Å². The minimum absolute atomic E-state index is 0.0376. The Hall–Kier alpha value is -3.68. The van der Waals surface area contributed by atoms with Gasteiger partial charge < -0.3 is 5.32 Å². The third-order valence-electron chi connectivity index (χ3n) is 4.07. The summed E-state index contributed by atoms with van der Waals surface area (Å²) in [5, 5.41) is 14.8. The van der Waals surface area contributed by atoms with Gasteiger partial charge in [-0.05, 0) is 30.7 Å². The Morgan fingerprint density at radius 2 is 1.80 bits per heavy atom. The average Bonchev–Trinajstić information content (AvgIpc) is 3.10. The number of carbonyl (C=O) groups is 1. The first-order valence-corrected chi connectivity index (χ1v) is 9.33. The van der Waals surface area contributed by atoms with Crippen molar-refractivity contribution in [1.82, 2.24) is 9.78 Å². The molecule has 2 aromatic carbocycles. The molecule has 0 saturated heterocycles. The first-order chi connectivity index (χ1) is 14.5. The zero-order valence-corrected chi connectivity index (χ0v) is 16.4. The van der Waals surface area contributed by atoms with E-state index in [9.17, 15) is 13.6 Å². The number of aromatic nitrogens is 2. The summed E-state index contributed by atoms with van der Waals surface area (Å²) in [6.07, 6.45) is 1.98. The molecule has 3 rings (SSSR count). The van der Waals surface area contributed by atoms with E-state index < -0.39 is 23.2 Å². The Morgan fingerprint density at radius 1 is 1.13 bits per heavy atom. The highest BCUT2D eigenvalue weighted by molar-refractivity contribution is 6.34. The van der Waals surface area contributed by atoms with Crippen molar-refractivity contribution in [1.29, 1.82) is 5.26 Å². The summed E-state index contributed by atoms with van der Waals surface area (Å²) in [6, 6.07) is 13.1. The molecule has 0 spiro atoms. The molecule has 150 valence electrons. The summed E-state index contributed by atoms with van der Waals surface area (Å²) >= 11 is 6.01. The standard InChI is InChI=1S/C22H15ClF2N4O/c23-17-14-27-29(11-5-4-10-26)21(17)22(30)28-20-18(24)12-16(13-19(20)25)9-8-15-6-2-1-3-7-15/h1-3,6-7,12-14H,4-5,11H2,(H,28,30). The second-order valence-electron chi connectivity index (χ2n) is 6.21. The normalized spacial score (nSPS) is 10.1. The van der Waals surface area contributed by atoms with Gasteiger partial charge in [-0.25, -0.2) is 8.78 Å². The van der Waals surface area contributed by atoms with Crippen LogP contribution in [-0.2, 0) is 6.54 Å². The summed E-state index contributed by atoms with van der Waals surface area (Å²) in [5.74, 6) is 2.77. The monoisotopic (exact) mass is 424 g/mol. The van der Waals surface area contributed by atoms with Crippen molar-refractivity contribution in [3.8, 4) is 17.9 Å². The molecule has 1 heterocycles. The van der Waals surface area contributed by atoms with Crippen molar-refractivity contribution in [2.24, 2.45) is 0 Å². The highest BCUT2D eigenvalue weighted by Crippen LogP contribution is 2.23. The molecular weight excluding hydrogens is 410 g/mol. The molecule has 0 aliphatic carbocycles. The van der Waals surface area contributed by atoms with Gasteiger partial charge in [0.2, 0.25) is 0 Å². The van der Waals surface area contributed by atoms with Crippen LogP contribution >= 0.6 is 11.6 Å². The molecule has 0 unspecified atom stereocenters. The molecule has 0 aliphatic rings. The zero-order chi connectivity index (χ0) is 21.5. The lowest BCUT2D eigenvalue weighted by Crippen LogP contribution is -2.20. The van der Waals surface area contributed by atoms with Crippen LogP contribution in [0.5, 0.6) is 0 Å². The number of amides is 1. The van der Waals surface area contributed by atoms with E-state index in [1.807, 2.05) is 12.1 Å². The highest BCUT2D eigenvalue weighted by atomic mass is 35.5. The third kappa shape index (κ3) is 5.02. The zero-order valence-electron chi connectivity index (χ0n) is 15.6. The number of aryl methyl sites for hydroxylation is 1. The molecule has 1 amide bonds. The number of hydrogen-bond acceptors (Lipinski definition) is 3. The van der Waals surface area contributed by atoms with Crippen molar-refractivity contribution >= 4 is 23.2 Å². The van der Waals surface area contributed by atoms with E-state index in [1.165, 1.54) is 10.9 Å². The SMILES string of the molecule is N#CCCCn1ncc(Cl)c1C(=O)Nc1c(F)cc(C#Cc2ccccc2)cc1F. The second-order valence-corrected chi connectivity index (χ2v) is 6.62. The number of nitriles is 1. The van der Waals surface area contributed by atoms with Crippen LogP contribution in [0.1, 0.15) is 34.5 Å². The van der Waals surface area contributed by atoms with Crippen molar-refractivity contribution < 1.29 is 13.6 Å². The van der Waals surface area contributed by atoms with Crippen LogP contribution in [0.15, 0.2) is 48.7 Å². The molecule has 5 nitrogen and oxygen atoms in total. The van der Waals surface area contributed by atoms with Crippen LogP contribution in [0.2, 0.25) is 5.02 Å². The molecule has 0 bridgehead atoms. The first kappa shape index (κ1) is 21.0. The maximum absolute atomic E-state index is 14.5. The quantitative estimate of drug-likeness (QED) is 0.473. The summed E-state index contributed by atoms with van der Waals surface area (Å²) in [5.41, 5.74) is 0.189. The van der Waals surface area contributed by atoms with Crippen LogP contribution in [0, 0.1) is 34.8 Å². The molecule has 3 aromatic rings. The number of hydrogen-bond donors (Lipinski definition) is 1. The van der Waals surface area contributed by atoms with Crippen LogP contribution in [0.25, 0.3) is 0 Å². The Labute approximate surface area is 176 Å². The fourth-order valence-electron chi connectivity index (χ4n) is 2.67. The number of benzene rings is 2. The highest BCUT2D eigenvalue weighted by Gasteiger charge is 2.21. The fourth-order valence-corrected chi connectivity index (χ4v) is 2.90. The fraction of sp³-hybridized carbons (Fsp3) is 0.136. The number of carbonyl (C=O) groups excluding carboxylic acids is 1. The van der Waals surface area contributed by atoms with Gasteiger partial charge in [0.15, 0.2) is 11.6 Å². The van der Waals surface area contributed by atoms with Crippen LogP contribution in [0.4, 0.5) is 14.5 Å². The topological polar surface area (TPSA) is 70.7 Å². The molecule has 1 N–H and O–H groups in total. The lowest BCUT2D eigenvalue weighted by Gasteiger charge is -2.10. The number of halogens is 3. The number of nitrogens with one attached hydrogen (secondary N) is 1. The van der Waals surface area contributed by atoms with Crippen molar-refractivity contribution in [3.05, 3.63) is 82.1 Å². The van der Waals surface area contributed by atoms with Gasteiger partial charge >= 0.3 is 0 Å². The minimum atomic E-state index is -0.965. The molecule has 8 heteroatoms. The Balaban J connectivity index is 1.81. The van der Waals surface area contributed by atoms with E-state index in [4.69, 9.17) is 16.9 Å². The predicted molar refractivity (Wildman–Crippen MR) is 109 cm³/mol. The van der Waals surface area contributed by atoms with Crippen molar-refractivity contribution in [2.75, 3.05) is 5.32 Å². The molecule has 30 heavy (non-hydrogen) atoms. The lowest BCUT2D eigenvalue weighted by atomic mass is 10.1. The maximum Gasteiger partial charge on any atom is 0.275 e. The average molecular weight is 425 g/mol. The van der Waals surface area contributed by atoms with Gasteiger partial charge in [0.25, 0.3) is 5.91 Å². The van der Waals surface area contributed by atoms with Crippen LogP contribution < -0.4 is 5.32 Å². The smallest absolute Gasteiger partial charge is 0.275 e. The first-order valence-electron chi connectivity index (χ1n) is 8.95. The largest absolute Gasteiger partial charge is 0.316 e. The summed E-state index contributed by atoms with van der Waals surface area (Å²) in [7, 11) is 0. The molecule has 0 fully saturated rings. The van der Waals surface area contributed by atoms with E-state index in [2.05, 4.69) is 22.3 Å². The van der Waals surface area contributed by atoms with Gasteiger partial charge in [-0.2, -0.15) is 10.4 Å². The van der Waals surface area contributed by atoms with E-state index in [0.29, 0.717) is 12.0 Å². The van der Waals surface area contributed by atoms with Gasteiger partial charge in [-0.1, -0.05) is 41.6 Å². The Bertz CT molecular complexity index is 1150. The van der Waals surface area contributed by atoms with Crippen LogP contribution in [-0.4, -0.2) is 15.7 Å². The van der Waals surface area contributed by atoms with Gasteiger partial charge in [-0.15, -0.1) is 0 Å². The summed E-state index contributed by atoms with van der Waals surface area (Å²) in [4.78, 5) is 12.6. The molecule has 0 atom stereocenters. The number of unbranched alkanes of at least 4 members (excludes halogenated alkanes) is 1. The molecule has 0 saturated carbocycles. The van der Waals surface area contributed by atoms with Gasteiger partial charge in [-0.3, -0.25) is 9.48 Å². The predicted octanol–water partition coefficient (Wildman–Crippen LogP) is 4.77. The second kappa shape index (κ2) is 9.69. The lowest BCUT2D eigenvalue weighted by molar-refractivity contribution is 0.101. The van der Waals surface area contributed by atoms with Gasteiger partial charge in [0.05, 0.1) is 17.3 Å².